The lowest BCUT2D eigenvalue weighted by Crippen LogP contribution is -2.51. The van der Waals surface area contributed by atoms with Gasteiger partial charge in [0.15, 0.2) is 0 Å². The summed E-state index contributed by atoms with van der Waals surface area (Å²) in [6.45, 7) is 11.0. The Morgan fingerprint density at radius 1 is 1.00 bits per heavy atom. The van der Waals surface area contributed by atoms with Crippen LogP contribution in [0.2, 0.25) is 0 Å². The highest BCUT2D eigenvalue weighted by Crippen LogP contribution is 2.49. The molecule has 3 heteroatoms. The van der Waals surface area contributed by atoms with E-state index in [-0.39, 0.29) is 10.8 Å². The van der Waals surface area contributed by atoms with Crippen molar-refractivity contribution in [3.05, 3.63) is 64.5 Å². The molecule has 3 aromatic rings. The molecule has 0 N–H and O–H groups in total. The van der Waals surface area contributed by atoms with E-state index in [0.717, 1.165) is 22.8 Å². The third-order valence-corrected chi connectivity index (χ3v) is 6.60. The van der Waals surface area contributed by atoms with E-state index in [9.17, 15) is 0 Å². The molecule has 0 aliphatic carbocycles. The second kappa shape index (κ2) is 5.54. The van der Waals surface area contributed by atoms with Crippen LogP contribution < -0.4 is 4.68 Å². The van der Waals surface area contributed by atoms with Gasteiger partial charge in [-0.1, -0.05) is 38.1 Å². The van der Waals surface area contributed by atoms with Gasteiger partial charge in [0.05, 0.1) is 16.7 Å². The number of fused-ring (bicyclic) bond motifs is 3. The van der Waals surface area contributed by atoms with Crippen LogP contribution in [0.5, 0.6) is 0 Å². The Balaban J connectivity index is 2.06. The molecule has 1 aliphatic rings. The molecule has 0 unspecified atom stereocenters. The first kappa shape index (κ1) is 14.6. The molecule has 27 heavy (non-hydrogen) atoms. The molecule has 0 atom stereocenters. The zero-order chi connectivity index (χ0) is 22.2. The third-order valence-electron chi connectivity index (χ3n) is 6.60. The quantitative estimate of drug-likeness (QED) is 0.566. The van der Waals surface area contributed by atoms with Gasteiger partial charge < -0.3 is 0 Å². The zero-order valence-electron chi connectivity index (χ0n) is 20.3. The first-order valence-corrected chi connectivity index (χ1v) is 9.49. The maximum Gasteiger partial charge on any atom is 0.351 e. The van der Waals surface area contributed by atoms with Crippen molar-refractivity contribution in [2.45, 2.75) is 59.2 Å². The lowest BCUT2D eigenvalue weighted by Gasteiger charge is -2.44. The van der Waals surface area contributed by atoms with E-state index in [2.05, 4.69) is 62.2 Å². The third kappa shape index (κ3) is 2.33. The lowest BCUT2D eigenvalue weighted by molar-refractivity contribution is -0.736. The monoisotopic (exact) mass is 363 g/mol. The first-order chi connectivity index (χ1) is 13.8. The van der Waals surface area contributed by atoms with Gasteiger partial charge in [-0.15, -0.1) is 9.36 Å². The predicted octanol–water partition coefficient (Wildman–Crippen LogP) is 4.86. The smallest absolute Gasteiger partial charge is 0.147 e. The number of rotatable bonds is 1. The fraction of sp³-hybridized carbons (Fsp3) is 0.417. The summed E-state index contributed by atoms with van der Waals surface area (Å²) in [5, 5.41) is 0. The summed E-state index contributed by atoms with van der Waals surface area (Å²) in [5.74, 6) is 1.77. The van der Waals surface area contributed by atoms with Crippen LogP contribution in [0.15, 0.2) is 36.4 Å². The maximum atomic E-state index is 7.85. The van der Waals surface area contributed by atoms with Crippen molar-refractivity contribution in [1.29, 1.82) is 0 Å². The summed E-state index contributed by atoms with van der Waals surface area (Å²) >= 11 is 0. The van der Waals surface area contributed by atoms with Crippen LogP contribution in [-0.4, -0.2) is 9.67 Å². The summed E-state index contributed by atoms with van der Waals surface area (Å²) < 4.78 is 27.8. The summed E-state index contributed by atoms with van der Waals surface area (Å²) in [6, 6.07) is 12.0. The molecule has 2 aromatic carbocycles. The van der Waals surface area contributed by atoms with Crippen LogP contribution in [-0.2, 0) is 17.9 Å². The Hall–Kier alpha value is -2.42. The average molecular weight is 364 g/mol. The number of aryl methyl sites for hydroxylation is 3. The molecular formula is C24H30N3+. The Morgan fingerprint density at radius 2 is 1.70 bits per heavy atom. The number of hydrogen-bond acceptors (Lipinski definition) is 1. The molecule has 0 spiro atoms. The molecule has 1 aliphatic heterocycles. The van der Waals surface area contributed by atoms with Crippen molar-refractivity contribution in [1.82, 2.24) is 9.67 Å². The van der Waals surface area contributed by atoms with Crippen LogP contribution in [0.1, 0.15) is 59.9 Å². The highest BCUT2D eigenvalue weighted by atomic mass is 15.5. The number of nitrogens with zero attached hydrogens (tertiary/aromatic N) is 3. The first-order valence-electron chi connectivity index (χ1n) is 11.0. The molecule has 3 nitrogen and oxygen atoms in total. The second-order valence-corrected chi connectivity index (χ2v) is 8.90. The molecule has 0 fully saturated rings. The van der Waals surface area contributed by atoms with Crippen molar-refractivity contribution in [2.75, 3.05) is 0 Å². The van der Waals surface area contributed by atoms with Crippen LogP contribution in [0.25, 0.3) is 17.1 Å². The molecule has 0 saturated carbocycles. The van der Waals surface area contributed by atoms with E-state index in [0.29, 0.717) is 5.56 Å². The van der Waals surface area contributed by atoms with Gasteiger partial charge in [-0.3, -0.25) is 0 Å². The van der Waals surface area contributed by atoms with Gasteiger partial charge in [-0.25, -0.2) is 0 Å². The molecule has 1 aromatic heterocycles. The molecule has 2 heterocycles. The van der Waals surface area contributed by atoms with Gasteiger partial charge in [0, 0.05) is 9.53 Å². The van der Waals surface area contributed by atoms with E-state index in [4.69, 9.17) is 9.10 Å². The summed E-state index contributed by atoms with van der Waals surface area (Å²) in [4.78, 5) is 5.12. The minimum atomic E-state index is -2.15. The van der Waals surface area contributed by atoms with Crippen molar-refractivity contribution < 1.29 is 8.79 Å². The molecule has 140 valence electrons. The molecular weight excluding hydrogens is 330 g/mol. The van der Waals surface area contributed by atoms with E-state index in [1.807, 2.05) is 20.0 Å². The lowest BCUT2D eigenvalue weighted by atomic mass is 9.61. The minimum absolute atomic E-state index is 0.115. The summed E-state index contributed by atoms with van der Waals surface area (Å²) in [6.07, 6.45) is 0. The van der Waals surface area contributed by atoms with Crippen molar-refractivity contribution in [3.8, 4) is 17.1 Å². The number of benzene rings is 2. The van der Waals surface area contributed by atoms with Crippen LogP contribution in [0, 0.1) is 20.7 Å². The van der Waals surface area contributed by atoms with Gasteiger partial charge in [0.2, 0.25) is 0 Å². The fourth-order valence-electron chi connectivity index (χ4n) is 4.34. The second-order valence-electron chi connectivity index (χ2n) is 8.90. The Kier molecular flexibility index (Phi) is 3.00. The van der Waals surface area contributed by atoms with Gasteiger partial charge in [0.1, 0.15) is 7.05 Å². The zero-order valence-corrected chi connectivity index (χ0v) is 17.3. The van der Waals surface area contributed by atoms with Crippen molar-refractivity contribution in [3.63, 3.8) is 0 Å². The highest BCUT2D eigenvalue weighted by Gasteiger charge is 2.53. The number of para-hydroxylation sites is 1. The summed E-state index contributed by atoms with van der Waals surface area (Å²) in [7, 11) is 2.01. The number of hydrogen-bond donors (Lipinski definition) is 0. The van der Waals surface area contributed by atoms with E-state index < -0.39 is 6.85 Å². The van der Waals surface area contributed by atoms with E-state index in [1.165, 1.54) is 16.8 Å². The Bertz CT molecular complexity index is 1170. The van der Waals surface area contributed by atoms with Crippen LogP contribution >= 0.6 is 0 Å². The molecule has 0 saturated heterocycles. The van der Waals surface area contributed by atoms with Gasteiger partial charge in [0.25, 0.3) is 5.82 Å². The SMILES string of the molecule is [2H]C([2H])([2H])c1cc(C)cc(-c2nc3n([n+]2C)-c2c(C)cccc2C(C)(C)C3(C)C)c1. The van der Waals surface area contributed by atoms with Crippen LogP contribution in [0.3, 0.4) is 0 Å². The highest BCUT2D eigenvalue weighted by molar-refractivity contribution is 5.59. The molecule has 4 rings (SSSR count). The number of aromatic nitrogens is 3. The average Bonchev–Trinajstić information content (AvgIpc) is 2.97. The predicted molar refractivity (Wildman–Crippen MR) is 110 cm³/mol. The van der Waals surface area contributed by atoms with E-state index in [1.54, 1.807) is 12.1 Å². The van der Waals surface area contributed by atoms with Gasteiger partial charge in [-0.05, 0) is 73.9 Å². The standard InChI is InChI=1S/C24H30N3/c1-15-12-16(2)14-18(13-15)21-25-22-24(6,7)23(4,5)19-11-9-10-17(3)20(19)27(22)26(21)8/h9-14H,1-8H3/q+1/i1D3. The minimum Gasteiger partial charge on any atom is -0.147 e. The van der Waals surface area contributed by atoms with Gasteiger partial charge in [-0.2, -0.15) is 0 Å². The topological polar surface area (TPSA) is 21.7 Å². The Labute approximate surface area is 166 Å². The van der Waals surface area contributed by atoms with Crippen LogP contribution in [0.4, 0.5) is 0 Å². The molecule has 0 bridgehead atoms. The largest absolute Gasteiger partial charge is 0.351 e. The normalized spacial score (nSPS) is 18.9. The van der Waals surface area contributed by atoms with Gasteiger partial charge >= 0.3 is 5.82 Å². The van der Waals surface area contributed by atoms with Crippen molar-refractivity contribution in [2.24, 2.45) is 7.05 Å². The van der Waals surface area contributed by atoms with Crippen molar-refractivity contribution >= 4 is 0 Å². The molecule has 0 radical (unpaired) electrons. The Morgan fingerprint density at radius 3 is 2.41 bits per heavy atom. The maximum absolute atomic E-state index is 7.85. The summed E-state index contributed by atoms with van der Waals surface area (Å²) in [5.41, 5.74) is 5.42. The fourth-order valence-corrected chi connectivity index (χ4v) is 4.34. The molecule has 0 amide bonds. The van der Waals surface area contributed by atoms with E-state index >= 15 is 0 Å².